The minimum atomic E-state index is 1.10. The van der Waals surface area contributed by atoms with Crippen LogP contribution in [0.2, 0.25) is 0 Å². The van der Waals surface area contributed by atoms with Gasteiger partial charge in [-0.2, -0.15) is 0 Å². The van der Waals surface area contributed by atoms with Gasteiger partial charge in [0.2, 0.25) is 0 Å². The maximum atomic E-state index is 3.46. The van der Waals surface area contributed by atoms with Crippen LogP contribution in [0.5, 0.6) is 0 Å². The second-order valence-corrected chi connectivity index (χ2v) is 4.44. The van der Waals surface area contributed by atoms with Gasteiger partial charge in [0.15, 0.2) is 0 Å². The summed E-state index contributed by atoms with van der Waals surface area (Å²) in [7, 11) is 0. The van der Waals surface area contributed by atoms with Crippen molar-refractivity contribution in [2.45, 2.75) is 27.2 Å². The summed E-state index contributed by atoms with van der Waals surface area (Å²) in [5, 5.41) is 3.46. The van der Waals surface area contributed by atoms with Crippen molar-refractivity contribution in [2.24, 2.45) is 0 Å². The monoisotopic (exact) mass is 225 g/mol. The normalized spacial score (nSPS) is 10.3. The molecule has 0 fully saturated rings. The quantitative estimate of drug-likeness (QED) is 0.804. The lowest BCUT2D eigenvalue weighted by molar-refractivity contribution is 1.10. The van der Waals surface area contributed by atoms with Crippen LogP contribution >= 0.6 is 0 Å². The zero-order chi connectivity index (χ0) is 12.3. The molecular formula is C16H19N. The topological polar surface area (TPSA) is 12.0 Å². The van der Waals surface area contributed by atoms with E-state index in [0.717, 1.165) is 12.1 Å². The Bertz CT molecular complexity index is 500. The molecule has 88 valence electrons. The third kappa shape index (κ3) is 2.68. The van der Waals surface area contributed by atoms with Gasteiger partial charge in [0.05, 0.1) is 0 Å². The Labute approximate surface area is 103 Å². The zero-order valence-corrected chi connectivity index (χ0v) is 10.7. The van der Waals surface area contributed by atoms with Gasteiger partial charge in [0.25, 0.3) is 0 Å². The van der Waals surface area contributed by atoms with Crippen LogP contribution in [0, 0.1) is 13.8 Å². The van der Waals surface area contributed by atoms with E-state index in [4.69, 9.17) is 0 Å². The van der Waals surface area contributed by atoms with E-state index in [1.807, 2.05) is 18.2 Å². The van der Waals surface area contributed by atoms with Crippen molar-refractivity contribution in [1.82, 2.24) is 0 Å². The second-order valence-electron chi connectivity index (χ2n) is 4.44. The average molecular weight is 225 g/mol. The van der Waals surface area contributed by atoms with E-state index < -0.39 is 0 Å². The van der Waals surface area contributed by atoms with E-state index in [0.29, 0.717) is 0 Å². The number of hydrogen-bond donors (Lipinski definition) is 1. The Kier molecular flexibility index (Phi) is 3.48. The first-order chi connectivity index (χ1) is 8.20. The molecule has 0 aliphatic heterocycles. The summed E-state index contributed by atoms with van der Waals surface area (Å²) in [5.41, 5.74) is 6.43. The molecule has 0 aliphatic rings. The minimum Gasteiger partial charge on any atom is -0.355 e. The number of nitrogens with one attached hydrogen (secondary N) is 1. The van der Waals surface area contributed by atoms with Crippen LogP contribution in [0.3, 0.4) is 0 Å². The van der Waals surface area contributed by atoms with Crippen LogP contribution < -0.4 is 5.32 Å². The Hall–Kier alpha value is -1.76. The summed E-state index contributed by atoms with van der Waals surface area (Å²) in [6, 6.07) is 14.8. The highest BCUT2D eigenvalue weighted by Crippen LogP contribution is 2.24. The maximum Gasteiger partial charge on any atom is 0.0416 e. The largest absolute Gasteiger partial charge is 0.355 e. The number of aryl methyl sites for hydroxylation is 3. The molecule has 0 amide bonds. The Morgan fingerprint density at radius 2 is 1.65 bits per heavy atom. The highest BCUT2D eigenvalue weighted by atomic mass is 14.9. The molecule has 0 spiro atoms. The molecule has 0 atom stereocenters. The fraction of sp³-hybridized carbons (Fsp3) is 0.250. The predicted molar refractivity (Wildman–Crippen MR) is 75.0 cm³/mol. The number of anilines is 2. The lowest BCUT2D eigenvalue weighted by atomic mass is 10.0. The Morgan fingerprint density at radius 3 is 2.29 bits per heavy atom. The first kappa shape index (κ1) is 11.7. The third-order valence-corrected chi connectivity index (χ3v) is 3.12. The number of benzene rings is 2. The number of para-hydroxylation sites is 1. The molecule has 0 heterocycles. The number of rotatable bonds is 3. The van der Waals surface area contributed by atoms with Crippen molar-refractivity contribution in [3.8, 4) is 0 Å². The summed E-state index contributed by atoms with van der Waals surface area (Å²) in [6.45, 7) is 6.53. The third-order valence-electron chi connectivity index (χ3n) is 3.12. The molecular weight excluding hydrogens is 206 g/mol. The predicted octanol–water partition coefficient (Wildman–Crippen LogP) is 4.61. The molecule has 2 aromatic rings. The van der Waals surface area contributed by atoms with Crippen molar-refractivity contribution >= 4 is 11.4 Å². The molecule has 17 heavy (non-hydrogen) atoms. The maximum absolute atomic E-state index is 3.46. The van der Waals surface area contributed by atoms with E-state index in [1.54, 1.807) is 0 Å². The van der Waals surface area contributed by atoms with Crippen LogP contribution in [-0.4, -0.2) is 0 Å². The molecule has 1 heteroatoms. The van der Waals surface area contributed by atoms with Crippen molar-refractivity contribution in [1.29, 1.82) is 0 Å². The minimum absolute atomic E-state index is 1.10. The van der Waals surface area contributed by atoms with Gasteiger partial charge < -0.3 is 5.32 Å². The first-order valence-corrected chi connectivity index (χ1v) is 6.13. The van der Waals surface area contributed by atoms with Gasteiger partial charge in [-0.1, -0.05) is 31.2 Å². The highest BCUT2D eigenvalue weighted by molar-refractivity contribution is 5.64. The smallest absolute Gasteiger partial charge is 0.0416 e. The molecule has 1 nitrogen and oxygen atoms in total. The summed E-state index contributed by atoms with van der Waals surface area (Å²) in [5.74, 6) is 0. The summed E-state index contributed by atoms with van der Waals surface area (Å²) >= 11 is 0. The van der Waals surface area contributed by atoms with E-state index >= 15 is 0 Å². The van der Waals surface area contributed by atoms with E-state index in [-0.39, 0.29) is 0 Å². The van der Waals surface area contributed by atoms with Crippen LogP contribution in [0.25, 0.3) is 0 Å². The summed E-state index contributed by atoms with van der Waals surface area (Å²) < 4.78 is 0. The van der Waals surface area contributed by atoms with Gasteiger partial charge in [0.1, 0.15) is 0 Å². The van der Waals surface area contributed by atoms with Gasteiger partial charge in [-0.05, 0) is 55.2 Å². The first-order valence-electron chi connectivity index (χ1n) is 6.13. The van der Waals surface area contributed by atoms with Gasteiger partial charge in [-0.25, -0.2) is 0 Å². The van der Waals surface area contributed by atoms with Crippen molar-refractivity contribution < 1.29 is 0 Å². The van der Waals surface area contributed by atoms with E-state index in [9.17, 15) is 0 Å². The molecule has 0 aliphatic carbocycles. The van der Waals surface area contributed by atoms with E-state index in [2.05, 4.69) is 50.4 Å². The van der Waals surface area contributed by atoms with E-state index in [1.165, 1.54) is 22.4 Å². The zero-order valence-electron chi connectivity index (χ0n) is 10.7. The standard InChI is InChI=1S/C16H19N/c1-4-14-10-13(3)16(11-12(14)2)17-15-8-6-5-7-9-15/h5-11,17H,4H2,1-3H3. The van der Waals surface area contributed by atoms with Crippen molar-refractivity contribution in [3.63, 3.8) is 0 Å². The number of hydrogen-bond acceptors (Lipinski definition) is 1. The van der Waals surface area contributed by atoms with Gasteiger partial charge in [0, 0.05) is 11.4 Å². The molecule has 0 saturated heterocycles. The lowest BCUT2D eigenvalue weighted by Crippen LogP contribution is -1.96. The van der Waals surface area contributed by atoms with Crippen molar-refractivity contribution in [3.05, 3.63) is 59.2 Å². The molecule has 1 N–H and O–H groups in total. The SMILES string of the molecule is CCc1cc(C)c(Nc2ccccc2)cc1C. The highest BCUT2D eigenvalue weighted by Gasteiger charge is 2.03. The summed E-state index contributed by atoms with van der Waals surface area (Å²) in [4.78, 5) is 0. The van der Waals surface area contributed by atoms with Crippen molar-refractivity contribution in [2.75, 3.05) is 5.32 Å². The molecule has 0 bridgehead atoms. The molecule has 2 rings (SSSR count). The Balaban J connectivity index is 2.31. The lowest BCUT2D eigenvalue weighted by Gasteiger charge is -2.13. The Morgan fingerprint density at radius 1 is 0.941 bits per heavy atom. The molecule has 0 radical (unpaired) electrons. The molecule has 2 aromatic carbocycles. The van der Waals surface area contributed by atoms with Gasteiger partial charge >= 0.3 is 0 Å². The summed E-state index contributed by atoms with van der Waals surface area (Å²) in [6.07, 6.45) is 1.10. The van der Waals surface area contributed by atoms with Gasteiger partial charge in [-0.15, -0.1) is 0 Å². The second kappa shape index (κ2) is 5.05. The molecule has 0 saturated carbocycles. The van der Waals surface area contributed by atoms with Crippen LogP contribution in [0.1, 0.15) is 23.6 Å². The fourth-order valence-corrected chi connectivity index (χ4v) is 2.07. The van der Waals surface area contributed by atoms with Crippen LogP contribution in [0.15, 0.2) is 42.5 Å². The molecule has 0 aromatic heterocycles. The van der Waals surface area contributed by atoms with Crippen LogP contribution in [0.4, 0.5) is 11.4 Å². The average Bonchev–Trinajstić information content (AvgIpc) is 2.34. The molecule has 0 unspecified atom stereocenters. The fourth-order valence-electron chi connectivity index (χ4n) is 2.07. The van der Waals surface area contributed by atoms with Crippen LogP contribution in [-0.2, 0) is 6.42 Å². The van der Waals surface area contributed by atoms with Gasteiger partial charge in [-0.3, -0.25) is 0 Å².